The first kappa shape index (κ1) is 21.1. The van der Waals surface area contributed by atoms with Crippen LogP contribution in [-0.2, 0) is 11.3 Å². The molecule has 2 fully saturated rings. The van der Waals surface area contributed by atoms with Crippen molar-refractivity contribution < 1.29 is 9.53 Å². The number of piperazine rings is 1. The summed E-state index contributed by atoms with van der Waals surface area (Å²) in [7, 11) is 2.14. The molecular weight excluding hydrogens is 446 g/mol. The zero-order chi connectivity index (χ0) is 20.9. The number of amides is 2. The third-order valence-corrected chi connectivity index (χ3v) is 6.15. The Hall–Kier alpha value is -2.16. The number of urea groups is 1. The van der Waals surface area contributed by atoms with Gasteiger partial charge in [-0.1, -0.05) is 34.1 Å². The van der Waals surface area contributed by atoms with E-state index in [4.69, 9.17) is 4.74 Å². The van der Waals surface area contributed by atoms with Crippen LogP contribution in [-0.4, -0.2) is 73.7 Å². The van der Waals surface area contributed by atoms with Crippen LogP contribution >= 0.6 is 15.9 Å². The van der Waals surface area contributed by atoms with E-state index in [1.807, 2.05) is 47.5 Å². The number of carbonyl (C=O) groups excluding carboxylic acids is 1. The second-order valence-corrected chi connectivity index (χ2v) is 8.75. The third-order valence-electron chi connectivity index (χ3n) is 5.65. The number of morpholine rings is 1. The minimum atomic E-state index is -0.105. The van der Waals surface area contributed by atoms with E-state index >= 15 is 0 Å². The Morgan fingerprint density at radius 2 is 2.03 bits per heavy atom. The maximum absolute atomic E-state index is 12.7. The molecule has 0 saturated carbocycles. The molecule has 2 amide bonds. The summed E-state index contributed by atoms with van der Waals surface area (Å²) < 4.78 is 6.89. The summed E-state index contributed by atoms with van der Waals surface area (Å²) in [5, 5.41) is 3.02. The van der Waals surface area contributed by atoms with Gasteiger partial charge < -0.3 is 24.8 Å². The molecule has 7 nitrogen and oxygen atoms in total. The number of aromatic nitrogens is 1. The Labute approximate surface area is 186 Å². The van der Waals surface area contributed by atoms with Crippen LogP contribution in [0.1, 0.15) is 17.2 Å². The molecule has 1 atom stereocenters. The highest BCUT2D eigenvalue weighted by Crippen LogP contribution is 2.24. The Morgan fingerprint density at radius 1 is 1.20 bits per heavy atom. The van der Waals surface area contributed by atoms with Crippen molar-refractivity contribution in [2.45, 2.75) is 12.6 Å². The maximum Gasteiger partial charge on any atom is 0.317 e. The van der Waals surface area contributed by atoms with Gasteiger partial charge in [0, 0.05) is 49.9 Å². The molecule has 3 heterocycles. The lowest BCUT2D eigenvalue weighted by Gasteiger charge is -2.33. The van der Waals surface area contributed by atoms with Gasteiger partial charge in [-0.2, -0.15) is 0 Å². The van der Waals surface area contributed by atoms with Crippen LogP contribution in [0.2, 0.25) is 0 Å². The SMILES string of the molecule is CN1CCN(c2ccc(CNC(=O)N3CCOC(c4cccc(Br)c4)C3)cn2)CC1. The average Bonchev–Trinajstić information content (AvgIpc) is 2.78. The van der Waals surface area contributed by atoms with Gasteiger partial charge >= 0.3 is 6.03 Å². The van der Waals surface area contributed by atoms with Crippen molar-refractivity contribution in [3.8, 4) is 0 Å². The topological polar surface area (TPSA) is 60.9 Å². The maximum atomic E-state index is 12.7. The molecule has 30 heavy (non-hydrogen) atoms. The summed E-state index contributed by atoms with van der Waals surface area (Å²) in [6.45, 7) is 6.24. The number of pyridine rings is 1. The number of hydrogen-bond donors (Lipinski definition) is 1. The van der Waals surface area contributed by atoms with E-state index in [0.717, 1.165) is 47.6 Å². The number of benzene rings is 1. The standard InChI is InChI=1S/C22H28BrN5O2/c1-26-7-9-27(10-8-26)21-6-5-17(14-24-21)15-25-22(29)28-11-12-30-20(16-28)18-3-2-4-19(23)13-18/h2-6,13-14,20H,7-12,15-16H2,1H3,(H,25,29). The Morgan fingerprint density at radius 3 is 2.77 bits per heavy atom. The van der Waals surface area contributed by atoms with Crippen molar-refractivity contribution in [2.75, 3.05) is 57.8 Å². The van der Waals surface area contributed by atoms with Gasteiger partial charge in [-0.15, -0.1) is 0 Å². The molecule has 0 bridgehead atoms. The van der Waals surface area contributed by atoms with E-state index in [9.17, 15) is 4.79 Å². The van der Waals surface area contributed by atoms with Crippen LogP contribution in [0.25, 0.3) is 0 Å². The molecule has 0 radical (unpaired) electrons. The van der Waals surface area contributed by atoms with E-state index in [2.05, 4.69) is 43.1 Å². The van der Waals surface area contributed by atoms with Gasteiger partial charge in [0.1, 0.15) is 11.9 Å². The van der Waals surface area contributed by atoms with Crippen LogP contribution in [0.3, 0.4) is 0 Å². The van der Waals surface area contributed by atoms with Gasteiger partial charge in [-0.05, 0) is 36.4 Å². The first-order valence-corrected chi connectivity index (χ1v) is 11.2. The third kappa shape index (κ3) is 5.30. The van der Waals surface area contributed by atoms with E-state index in [1.54, 1.807) is 0 Å². The zero-order valence-electron chi connectivity index (χ0n) is 17.3. The normalized spacial score (nSPS) is 20.3. The van der Waals surface area contributed by atoms with Gasteiger partial charge in [0.15, 0.2) is 0 Å². The van der Waals surface area contributed by atoms with Crippen LogP contribution in [0.15, 0.2) is 47.1 Å². The summed E-state index contributed by atoms with van der Waals surface area (Å²) in [4.78, 5) is 23.7. The first-order valence-electron chi connectivity index (χ1n) is 10.4. The number of anilines is 1. The van der Waals surface area contributed by atoms with E-state index in [0.29, 0.717) is 26.2 Å². The lowest BCUT2D eigenvalue weighted by Crippen LogP contribution is -2.47. The molecule has 2 saturated heterocycles. The van der Waals surface area contributed by atoms with Gasteiger partial charge in [0.05, 0.1) is 13.2 Å². The smallest absolute Gasteiger partial charge is 0.317 e. The summed E-state index contributed by atoms with van der Waals surface area (Å²) in [5.74, 6) is 1.00. The summed E-state index contributed by atoms with van der Waals surface area (Å²) in [6.07, 6.45) is 1.75. The molecule has 8 heteroatoms. The number of halogens is 1. The fraction of sp³-hybridized carbons (Fsp3) is 0.455. The Bertz CT molecular complexity index is 855. The number of ether oxygens (including phenoxy) is 1. The molecular formula is C22H28BrN5O2. The number of nitrogens with one attached hydrogen (secondary N) is 1. The van der Waals surface area contributed by atoms with Crippen molar-refractivity contribution in [1.29, 1.82) is 0 Å². The number of carbonyl (C=O) groups is 1. The van der Waals surface area contributed by atoms with E-state index in [1.165, 1.54) is 0 Å². The van der Waals surface area contributed by atoms with Crippen LogP contribution in [0.5, 0.6) is 0 Å². The largest absolute Gasteiger partial charge is 0.370 e. The molecule has 2 aliphatic heterocycles. The monoisotopic (exact) mass is 473 g/mol. The van der Waals surface area contributed by atoms with Crippen LogP contribution < -0.4 is 10.2 Å². The minimum absolute atomic E-state index is 0.0681. The molecule has 4 rings (SSSR count). The fourth-order valence-electron chi connectivity index (χ4n) is 3.78. The van der Waals surface area contributed by atoms with Gasteiger partial charge in [-0.3, -0.25) is 0 Å². The van der Waals surface area contributed by atoms with Crippen LogP contribution in [0, 0.1) is 0 Å². The predicted octanol–water partition coefficient (Wildman–Crippen LogP) is 2.88. The fourth-order valence-corrected chi connectivity index (χ4v) is 4.19. The van der Waals surface area contributed by atoms with Crippen molar-refractivity contribution in [2.24, 2.45) is 0 Å². The molecule has 0 aliphatic carbocycles. The summed E-state index contributed by atoms with van der Waals surface area (Å²) >= 11 is 3.50. The highest BCUT2D eigenvalue weighted by molar-refractivity contribution is 9.10. The van der Waals surface area contributed by atoms with Crippen LogP contribution in [0.4, 0.5) is 10.6 Å². The van der Waals surface area contributed by atoms with E-state index in [-0.39, 0.29) is 12.1 Å². The van der Waals surface area contributed by atoms with Crippen molar-refractivity contribution >= 4 is 27.8 Å². The van der Waals surface area contributed by atoms with Crippen molar-refractivity contribution in [3.63, 3.8) is 0 Å². The minimum Gasteiger partial charge on any atom is -0.370 e. The van der Waals surface area contributed by atoms with Gasteiger partial charge in [0.25, 0.3) is 0 Å². The molecule has 1 unspecified atom stereocenters. The number of nitrogens with zero attached hydrogens (tertiary/aromatic N) is 4. The van der Waals surface area contributed by atoms with Gasteiger partial charge in [-0.25, -0.2) is 9.78 Å². The molecule has 2 aromatic rings. The van der Waals surface area contributed by atoms with E-state index < -0.39 is 0 Å². The molecule has 2 aliphatic rings. The second-order valence-electron chi connectivity index (χ2n) is 7.83. The van der Waals surface area contributed by atoms with Gasteiger partial charge in [0.2, 0.25) is 0 Å². The summed E-state index contributed by atoms with van der Waals surface area (Å²) in [6, 6.07) is 12.1. The highest BCUT2D eigenvalue weighted by atomic mass is 79.9. The molecule has 1 aromatic carbocycles. The lowest BCUT2D eigenvalue weighted by atomic mass is 10.1. The molecule has 1 N–H and O–H groups in total. The van der Waals surface area contributed by atoms with Crippen molar-refractivity contribution in [1.82, 2.24) is 20.1 Å². The first-order chi connectivity index (χ1) is 14.6. The predicted molar refractivity (Wildman–Crippen MR) is 121 cm³/mol. The Balaban J connectivity index is 1.29. The number of likely N-dealkylation sites (N-methyl/N-ethyl adjacent to an activating group) is 1. The molecule has 160 valence electrons. The number of hydrogen-bond acceptors (Lipinski definition) is 5. The second kappa shape index (κ2) is 9.76. The number of rotatable bonds is 4. The average molecular weight is 474 g/mol. The quantitative estimate of drug-likeness (QED) is 0.739. The zero-order valence-corrected chi connectivity index (χ0v) is 18.8. The highest BCUT2D eigenvalue weighted by Gasteiger charge is 2.25. The summed E-state index contributed by atoms with van der Waals surface area (Å²) in [5.41, 5.74) is 2.07. The Kier molecular flexibility index (Phi) is 6.86. The molecule has 1 aromatic heterocycles. The molecule has 0 spiro atoms. The van der Waals surface area contributed by atoms with Crippen molar-refractivity contribution in [3.05, 3.63) is 58.2 Å². The lowest BCUT2D eigenvalue weighted by molar-refractivity contribution is -0.0155.